The summed E-state index contributed by atoms with van der Waals surface area (Å²) in [6, 6.07) is 11.2. The number of anilines is 1. The lowest BCUT2D eigenvalue weighted by Gasteiger charge is -2.38. The van der Waals surface area contributed by atoms with Gasteiger partial charge in [0.1, 0.15) is 0 Å². The molecule has 3 nitrogen and oxygen atoms in total. The average molecular weight is 234 g/mol. The lowest BCUT2D eigenvalue weighted by Crippen LogP contribution is -2.47. The quantitative estimate of drug-likeness (QED) is 0.857. The fraction of sp³-hybridized carbons (Fsp3) is 0.571. The second kappa shape index (κ2) is 6.03. The lowest BCUT2D eigenvalue weighted by molar-refractivity contribution is 0.166. The highest BCUT2D eigenvalue weighted by molar-refractivity contribution is 5.46. The molecule has 0 bridgehead atoms. The van der Waals surface area contributed by atoms with E-state index in [1.807, 2.05) is 0 Å². The van der Waals surface area contributed by atoms with Crippen molar-refractivity contribution in [2.75, 3.05) is 38.2 Å². The molecule has 17 heavy (non-hydrogen) atoms. The molecule has 3 heteroatoms. The van der Waals surface area contributed by atoms with Crippen LogP contribution in [0.2, 0.25) is 0 Å². The summed E-state index contributed by atoms with van der Waals surface area (Å²) in [7, 11) is 2.11. The molecule has 1 fully saturated rings. The summed E-state index contributed by atoms with van der Waals surface area (Å²) in [5, 5.41) is 8.99. The first-order chi connectivity index (χ1) is 8.31. The number of hydrogen-bond donors (Lipinski definition) is 1. The first kappa shape index (κ1) is 12.4. The largest absolute Gasteiger partial charge is 0.395 e. The van der Waals surface area contributed by atoms with Crippen LogP contribution < -0.4 is 4.90 Å². The molecule has 0 radical (unpaired) electrons. The van der Waals surface area contributed by atoms with Crippen LogP contribution in [-0.2, 0) is 0 Å². The Bertz CT molecular complexity index is 328. The SMILES string of the molecule is CN(CCO)C1CCCN(c2ccccc2)C1. The van der Waals surface area contributed by atoms with E-state index < -0.39 is 0 Å². The zero-order chi connectivity index (χ0) is 12.1. The van der Waals surface area contributed by atoms with Crippen molar-refractivity contribution >= 4 is 5.69 Å². The van der Waals surface area contributed by atoms with Gasteiger partial charge in [0.2, 0.25) is 0 Å². The normalized spacial score (nSPS) is 20.9. The predicted molar refractivity (Wildman–Crippen MR) is 71.4 cm³/mol. The summed E-state index contributed by atoms with van der Waals surface area (Å²) in [6.07, 6.45) is 2.47. The highest BCUT2D eigenvalue weighted by Crippen LogP contribution is 2.21. The second-order valence-corrected chi connectivity index (χ2v) is 4.78. The van der Waals surface area contributed by atoms with Crippen molar-refractivity contribution in [1.29, 1.82) is 0 Å². The van der Waals surface area contributed by atoms with Gasteiger partial charge < -0.3 is 10.0 Å². The Morgan fingerprint density at radius 2 is 2.12 bits per heavy atom. The third-order valence-electron chi connectivity index (χ3n) is 3.59. The number of benzene rings is 1. The van der Waals surface area contributed by atoms with Crippen LogP contribution in [-0.4, -0.2) is 49.3 Å². The summed E-state index contributed by atoms with van der Waals surface area (Å²) in [4.78, 5) is 4.72. The van der Waals surface area contributed by atoms with Crippen molar-refractivity contribution in [2.45, 2.75) is 18.9 Å². The van der Waals surface area contributed by atoms with Gasteiger partial charge in [0.05, 0.1) is 6.61 Å². The van der Waals surface area contributed by atoms with Crippen molar-refractivity contribution in [1.82, 2.24) is 4.90 Å². The van der Waals surface area contributed by atoms with Crippen LogP contribution in [0.15, 0.2) is 30.3 Å². The third kappa shape index (κ3) is 3.20. The molecule has 0 aliphatic carbocycles. The third-order valence-corrected chi connectivity index (χ3v) is 3.59. The highest BCUT2D eigenvalue weighted by atomic mass is 16.3. The minimum Gasteiger partial charge on any atom is -0.395 e. The van der Waals surface area contributed by atoms with E-state index >= 15 is 0 Å². The Morgan fingerprint density at radius 1 is 1.35 bits per heavy atom. The van der Waals surface area contributed by atoms with Crippen molar-refractivity contribution in [3.8, 4) is 0 Å². The van der Waals surface area contributed by atoms with Gasteiger partial charge in [-0.05, 0) is 32.0 Å². The van der Waals surface area contributed by atoms with Gasteiger partial charge in [0.25, 0.3) is 0 Å². The van der Waals surface area contributed by atoms with Gasteiger partial charge >= 0.3 is 0 Å². The zero-order valence-corrected chi connectivity index (χ0v) is 10.5. The summed E-state index contributed by atoms with van der Waals surface area (Å²) in [6.45, 7) is 3.24. The number of aliphatic hydroxyl groups is 1. The number of likely N-dealkylation sites (N-methyl/N-ethyl adjacent to an activating group) is 1. The number of rotatable bonds is 4. The molecule has 1 unspecified atom stereocenters. The number of para-hydroxylation sites is 1. The average Bonchev–Trinajstić information content (AvgIpc) is 2.40. The Hall–Kier alpha value is -1.06. The molecule has 1 N–H and O–H groups in total. The molecule has 0 spiro atoms. The molecule has 1 heterocycles. The van der Waals surface area contributed by atoms with E-state index in [9.17, 15) is 0 Å². The van der Waals surface area contributed by atoms with Gasteiger partial charge in [-0.25, -0.2) is 0 Å². The summed E-state index contributed by atoms with van der Waals surface area (Å²) >= 11 is 0. The minimum absolute atomic E-state index is 0.248. The molecule has 0 amide bonds. The smallest absolute Gasteiger partial charge is 0.0558 e. The van der Waals surface area contributed by atoms with Crippen LogP contribution in [0.25, 0.3) is 0 Å². The fourth-order valence-electron chi connectivity index (χ4n) is 2.53. The molecule has 1 saturated heterocycles. The first-order valence-corrected chi connectivity index (χ1v) is 6.42. The number of hydrogen-bond acceptors (Lipinski definition) is 3. The molecule has 2 rings (SSSR count). The van der Waals surface area contributed by atoms with Crippen LogP contribution in [0.1, 0.15) is 12.8 Å². The molecular formula is C14H22N2O. The maximum Gasteiger partial charge on any atom is 0.0558 e. The topological polar surface area (TPSA) is 26.7 Å². The van der Waals surface area contributed by atoms with E-state index in [2.05, 4.69) is 47.2 Å². The maximum absolute atomic E-state index is 8.99. The van der Waals surface area contributed by atoms with E-state index in [0.29, 0.717) is 6.04 Å². The van der Waals surface area contributed by atoms with E-state index in [4.69, 9.17) is 5.11 Å². The number of nitrogens with zero attached hydrogens (tertiary/aromatic N) is 2. The van der Waals surface area contributed by atoms with Crippen LogP contribution in [0.4, 0.5) is 5.69 Å². The van der Waals surface area contributed by atoms with Crippen LogP contribution in [0.3, 0.4) is 0 Å². The molecule has 1 atom stereocenters. The first-order valence-electron chi connectivity index (χ1n) is 6.42. The molecule has 1 aromatic carbocycles. The van der Waals surface area contributed by atoms with Crippen molar-refractivity contribution < 1.29 is 5.11 Å². The van der Waals surface area contributed by atoms with Gasteiger partial charge in [0, 0.05) is 31.4 Å². The van der Waals surface area contributed by atoms with Crippen LogP contribution in [0.5, 0.6) is 0 Å². The molecular weight excluding hydrogens is 212 g/mol. The molecule has 1 aliphatic heterocycles. The van der Waals surface area contributed by atoms with Gasteiger partial charge in [-0.15, -0.1) is 0 Å². The standard InChI is InChI=1S/C14H22N2O/c1-15(10-11-17)14-8-5-9-16(12-14)13-6-3-2-4-7-13/h2-4,6-7,14,17H,5,8-12H2,1H3. The van der Waals surface area contributed by atoms with Gasteiger partial charge in [-0.2, -0.15) is 0 Å². The van der Waals surface area contributed by atoms with Crippen LogP contribution >= 0.6 is 0 Å². The Morgan fingerprint density at radius 3 is 2.82 bits per heavy atom. The Balaban J connectivity index is 1.97. The fourth-order valence-corrected chi connectivity index (χ4v) is 2.53. The number of piperidine rings is 1. The van der Waals surface area contributed by atoms with Gasteiger partial charge in [0.15, 0.2) is 0 Å². The van der Waals surface area contributed by atoms with E-state index in [1.54, 1.807) is 0 Å². The summed E-state index contributed by atoms with van der Waals surface area (Å²) < 4.78 is 0. The molecule has 1 aliphatic rings. The summed E-state index contributed by atoms with van der Waals surface area (Å²) in [5.41, 5.74) is 1.31. The maximum atomic E-state index is 8.99. The predicted octanol–water partition coefficient (Wildman–Crippen LogP) is 1.58. The summed E-state index contributed by atoms with van der Waals surface area (Å²) in [5.74, 6) is 0. The van der Waals surface area contributed by atoms with Gasteiger partial charge in [-0.3, -0.25) is 4.90 Å². The highest BCUT2D eigenvalue weighted by Gasteiger charge is 2.22. The molecule has 94 valence electrons. The van der Waals surface area contributed by atoms with Crippen molar-refractivity contribution in [2.24, 2.45) is 0 Å². The lowest BCUT2D eigenvalue weighted by atomic mass is 10.0. The van der Waals surface area contributed by atoms with E-state index in [1.165, 1.54) is 18.5 Å². The number of aliphatic hydroxyl groups excluding tert-OH is 1. The zero-order valence-electron chi connectivity index (χ0n) is 10.5. The Kier molecular flexibility index (Phi) is 4.40. The van der Waals surface area contributed by atoms with Gasteiger partial charge in [-0.1, -0.05) is 18.2 Å². The second-order valence-electron chi connectivity index (χ2n) is 4.78. The van der Waals surface area contributed by atoms with Crippen molar-refractivity contribution in [3.05, 3.63) is 30.3 Å². The van der Waals surface area contributed by atoms with E-state index in [-0.39, 0.29) is 6.61 Å². The molecule has 1 aromatic rings. The van der Waals surface area contributed by atoms with Crippen LogP contribution in [0, 0.1) is 0 Å². The minimum atomic E-state index is 0.248. The van der Waals surface area contributed by atoms with Crippen molar-refractivity contribution in [3.63, 3.8) is 0 Å². The molecule has 0 aromatic heterocycles. The molecule has 0 saturated carbocycles. The monoisotopic (exact) mass is 234 g/mol. The van der Waals surface area contributed by atoms with E-state index in [0.717, 1.165) is 19.6 Å². The Labute approximate surface area is 104 Å².